The molecule has 0 atom stereocenters. The number of hydrogen-bond donors (Lipinski definition) is 2. The molecule has 0 aromatic heterocycles. The van der Waals surface area contributed by atoms with Crippen LogP contribution in [-0.2, 0) is 28.0 Å². The summed E-state index contributed by atoms with van der Waals surface area (Å²) in [5, 5.41) is 2.96. The van der Waals surface area contributed by atoms with E-state index in [0.717, 1.165) is 36.1 Å². The van der Waals surface area contributed by atoms with Gasteiger partial charge >= 0.3 is 0 Å². The van der Waals surface area contributed by atoms with E-state index < -0.39 is 10.0 Å². The summed E-state index contributed by atoms with van der Waals surface area (Å²) in [6, 6.07) is 24.5. The highest BCUT2D eigenvalue weighted by Crippen LogP contribution is 2.22. The first-order valence-corrected chi connectivity index (χ1v) is 13.2. The number of carbonyl (C=O) groups is 1. The largest absolute Gasteiger partial charge is 0.489 e. The molecule has 3 aromatic rings. The van der Waals surface area contributed by atoms with Gasteiger partial charge in [0, 0.05) is 25.1 Å². The van der Waals surface area contributed by atoms with Gasteiger partial charge in [0.2, 0.25) is 5.91 Å². The molecule has 1 aliphatic heterocycles. The van der Waals surface area contributed by atoms with Crippen LogP contribution in [0.1, 0.15) is 42.4 Å². The molecule has 4 rings (SSSR count). The molecule has 1 aliphatic rings. The van der Waals surface area contributed by atoms with Gasteiger partial charge in [-0.1, -0.05) is 61.0 Å². The standard InChI is InChI=1S/C27H29N3O4S/c31-26(29-19-21-14-16-22(17-15-21)20-34-23-9-3-1-4-10-23)13-5-2-8-18-28-27-24-11-6-7-12-25(24)35(32,33)30-27/h1,3-4,6-7,9-12,14-17H,2,5,8,13,18-20H2,(H,28,30)(H,29,31). The molecule has 3 aromatic carbocycles. The Labute approximate surface area is 206 Å². The molecule has 7 nitrogen and oxygen atoms in total. The number of unbranched alkanes of at least 4 members (excludes halogenated alkanes) is 2. The lowest BCUT2D eigenvalue weighted by molar-refractivity contribution is -0.121. The van der Waals surface area contributed by atoms with Crippen molar-refractivity contribution >= 4 is 21.8 Å². The molecule has 0 unspecified atom stereocenters. The molecular weight excluding hydrogens is 462 g/mol. The lowest BCUT2D eigenvalue weighted by Gasteiger charge is -2.08. The van der Waals surface area contributed by atoms with Gasteiger partial charge in [-0.15, -0.1) is 0 Å². The highest BCUT2D eigenvalue weighted by atomic mass is 32.2. The van der Waals surface area contributed by atoms with Crippen molar-refractivity contribution in [1.82, 2.24) is 10.0 Å². The minimum atomic E-state index is -3.50. The number of fused-ring (bicyclic) bond motifs is 1. The number of nitrogens with zero attached hydrogens (tertiary/aromatic N) is 1. The van der Waals surface area contributed by atoms with Crippen molar-refractivity contribution in [3.8, 4) is 5.75 Å². The summed E-state index contributed by atoms with van der Waals surface area (Å²) in [4.78, 5) is 16.8. The molecule has 0 bridgehead atoms. The van der Waals surface area contributed by atoms with E-state index in [1.165, 1.54) is 0 Å². The Kier molecular flexibility index (Phi) is 8.15. The second-order valence-corrected chi connectivity index (χ2v) is 9.99. The summed E-state index contributed by atoms with van der Waals surface area (Å²) < 4.78 is 32.4. The van der Waals surface area contributed by atoms with Gasteiger partial charge in [-0.3, -0.25) is 14.5 Å². The molecule has 0 saturated heterocycles. The van der Waals surface area contributed by atoms with Crippen LogP contribution in [0.15, 0.2) is 88.8 Å². The highest BCUT2D eigenvalue weighted by molar-refractivity contribution is 7.90. The minimum Gasteiger partial charge on any atom is -0.489 e. The first-order chi connectivity index (χ1) is 17.0. The van der Waals surface area contributed by atoms with Crippen LogP contribution >= 0.6 is 0 Å². The van der Waals surface area contributed by atoms with Gasteiger partial charge in [0.1, 0.15) is 18.2 Å². The van der Waals surface area contributed by atoms with Gasteiger partial charge in [-0.2, -0.15) is 0 Å². The number of sulfonamides is 1. The number of rotatable bonds is 11. The molecule has 35 heavy (non-hydrogen) atoms. The zero-order chi connectivity index (χ0) is 24.5. The van der Waals surface area contributed by atoms with Gasteiger partial charge in [0.05, 0.1) is 4.90 Å². The number of aliphatic imine (C=N–C) groups is 1. The smallest absolute Gasteiger partial charge is 0.263 e. The molecule has 2 N–H and O–H groups in total. The molecule has 182 valence electrons. The summed E-state index contributed by atoms with van der Waals surface area (Å²) >= 11 is 0. The predicted molar refractivity (Wildman–Crippen MR) is 136 cm³/mol. The van der Waals surface area contributed by atoms with E-state index in [1.807, 2.05) is 54.6 Å². The molecule has 8 heteroatoms. The Balaban J connectivity index is 1.11. The average Bonchev–Trinajstić information content (AvgIpc) is 3.14. The number of carbonyl (C=O) groups excluding carboxylic acids is 1. The maximum atomic E-state index is 12.2. The molecule has 0 spiro atoms. The lowest BCUT2D eigenvalue weighted by Crippen LogP contribution is -2.22. The van der Waals surface area contributed by atoms with Crippen molar-refractivity contribution in [2.75, 3.05) is 6.54 Å². The SMILES string of the molecule is O=C(CCCCCN=C1NS(=O)(=O)c2ccccc21)NCc1ccc(COc2ccccc2)cc1. The second-order valence-electron chi connectivity index (χ2n) is 8.34. The molecule has 0 fully saturated rings. The Hall–Kier alpha value is -3.65. The summed E-state index contributed by atoms with van der Waals surface area (Å²) in [5.41, 5.74) is 2.72. The van der Waals surface area contributed by atoms with Crippen molar-refractivity contribution < 1.29 is 17.9 Å². The topological polar surface area (TPSA) is 96.9 Å². The van der Waals surface area contributed by atoms with Crippen molar-refractivity contribution in [3.05, 3.63) is 95.6 Å². The third-order valence-corrected chi connectivity index (χ3v) is 7.05. The van der Waals surface area contributed by atoms with Crippen LogP contribution in [0.4, 0.5) is 0 Å². The van der Waals surface area contributed by atoms with E-state index in [9.17, 15) is 13.2 Å². The van der Waals surface area contributed by atoms with Gasteiger partial charge in [0.25, 0.3) is 10.0 Å². The maximum absolute atomic E-state index is 12.2. The Morgan fingerprint density at radius 3 is 2.37 bits per heavy atom. The summed E-state index contributed by atoms with van der Waals surface area (Å²) in [6.07, 6.45) is 2.84. The quantitative estimate of drug-likeness (QED) is 0.393. The first kappa shape index (κ1) is 24.5. The van der Waals surface area contributed by atoms with Gasteiger partial charge in [0.15, 0.2) is 0 Å². The van der Waals surface area contributed by atoms with E-state index in [0.29, 0.717) is 37.5 Å². The van der Waals surface area contributed by atoms with Gasteiger partial charge in [-0.25, -0.2) is 8.42 Å². The summed E-state index contributed by atoms with van der Waals surface area (Å²) in [6.45, 7) is 1.50. The van der Waals surface area contributed by atoms with Gasteiger partial charge < -0.3 is 10.1 Å². The van der Waals surface area contributed by atoms with E-state index in [2.05, 4.69) is 15.0 Å². The number of amides is 1. The number of benzene rings is 3. The zero-order valence-corrected chi connectivity index (χ0v) is 20.3. The number of nitrogens with one attached hydrogen (secondary N) is 2. The van der Waals surface area contributed by atoms with Crippen molar-refractivity contribution in [3.63, 3.8) is 0 Å². The predicted octanol–water partition coefficient (Wildman–Crippen LogP) is 4.18. The van der Waals surface area contributed by atoms with Crippen molar-refractivity contribution in [2.24, 2.45) is 4.99 Å². The third kappa shape index (κ3) is 6.93. The average molecular weight is 492 g/mol. The first-order valence-electron chi connectivity index (χ1n) is 11.7. The Morgan fingerprint density at radius 2 is 1.57 bits per heavy atom. The summed E-state index contributed by atoms with van der Waals surface area (Å²) in [5.74, 6) is 1.26. The van der Waals surface area contributed by atoms with Crippen LogP contribution in [0.5, 0.6) is 5.75 Å². The normalized spacial score (nSPS) is 14.8. The third-order valence-electron chi connectivity index (χ3n) is 5.66. The number of amidine groups is 1. The molecule has 1 heterocycles. The molecule has 0 aliphatic carbocycles. The number of hydrogen-bond acceptors (Lipinski definition) is 5. The Morgan fingerprint density at radius 1 is 0.857 bits per heavy atom. The van der Waals surface area contributed by atoms with Crippen LogP contribution in [0.3, 0.4) is 0 Å². The molecule has 1 amide bonds. The Bertz CT molecular complexity index is 1270. The van der Waals surface area contributed by atoms with E-state index in [-0.39, 0.29) is 10.8 Å². The van der Waals surface area contributed by atoms with Crippen LogP contribution in [0, 0.1) is 0 Å². The van der Waals surface area contributed by atoms with E-state index >= 15 is 0 Å². The van der Waals surface area contributed by atoms with Crippen LogP contribution < -0.4 is 14.8 Å². The summed E-state index contributed by atoms with van der Waals surface area (Å²) in [7, 11) is -3.50. The van der Waals surface area contributed by atoms with Crippen LogP contribution in [0.2, 0.25) is 0 Å². The zero-order valence-electron chi connectivity index (χ0n) is 19.4. The van der Waals surface area contributed by atoms with Gasteiger partial charge in [-0.05, 0) is 48.2 Å². The fourth-order valence-corrected chi connectivity index (χ4v) is 4.99. The van der Waals surface area contributed by atoms with Crippen molar-refractivity contribution in [1.29, 1.82) is 0 Å². The fourth-order valence-electron chi connectivity index (χ4n) is 3.74. The number of ether oxygens (including phenoxy) is 1. The van der Waals surface area contributed by atoms with Crippen LogP contribution in [0.25, 0.3) is 0 Å². The fraction of sp³-hybridized carbons (Fsp3) is 0.259. The molecule has 0 saturated carbocycles. The number of para-hydroxylation sites is 1. The van der Waals surface area contributed by atoms with E-state index in [4.69, 9.17) is 4.74 Å². The minimum absolute atomic E-state index is 0.0188. The van der Waals surface area contributed by atoms with Crippen LogP contribution in [-0.4, -0.2) is 26.7 Å². The maximum Gasteiger partial charge on any atom is 0.263 e. The lowest BCUT2D eigenvalue weighted by atomic mass is 10.1. The molecular formula is C27H29N3O4S. The van der Waals surface area contributed by atoms with Crippen molar-refractivity contribution in [2.45, 2.75) is 43.7 Å². The molecule has 0 radical (unpaired) electrons. The highest BCUT2D eigenvalue weighted by Gasteiger charge is 2.29. The van der Waals surface area contributed by atoms with E-state index in [1.54, 1.807) is 24.3 Å². The monoisotopic (exact) mass is 491 g/mol. The second kappa shape index (κ2) is 11.7.